The standard InChI is InChI=1S/C30H46N2O9/c1-29-11-10-25(41-28(37)31-18-13-22(38-3)27(40-5)23(14-18)39-4)30(2,17-34)24(29)9-8-21(35)20(29)15-26(36)32-12-6-7-19(32)16-33/h13-14,19-21,24-25,33-35H,6-12,15-17H2,1-5H3,(H,31,37). The first kappa shape index (κ1) is 31.2. The summed E-state index contributed by atoms with van der Waals surface area (Å²) in [5.74, 6) is 0.751. The highest BCUT2D eigenvalue weighted by atomic mass is 16.6. The predicted octanol–water partition coefficient (Wildman–Crippen LogP) is 3.19. The average molecular weight is 579 g/mol. The minimum absolute atomic E-state index is 0.0405. The zero-order valence-electron chi connectivity index (χ0n) is 24.9. The van der Waals surface area contributed by atoms with Gasteiger partial charge in [0.15, 0.2) is 11.5 Å². The summed E-state index contributed by atoms with van der Waals surface area (Å²) in [4.78, 5) is 28.2. The molecule has 3 aliphatic rings. The summed E-state index contributed by atoms with van der Waals surface area (Å²) in [5.41, 5.74) is -0.812. The van der Waals surface area contributed by atoms with Crippen LogP contribution in [0.5, 0.6) is 17.2 Å². The van der Waals surface area contributed by atoms with Crippen molar-refractivity contribution in [2.45, 2.75) is 77.0 Å². The Morgan fingerprint density at radius 2 is 1.71 bits per heavy atom. The normalized spacial score (nSPS) is 33.1. The summed E-state index contributed by atoms with van der Waals surface area (Å²) in [6.07, 6.45) is 2.23. The van der Waals surface area contributed by atoms with E-state index >= 15 is 0 Å². The molecule has 230 valence electrons. The molecule has 7 atom stereocenters. The number of likely N-dealkylation sites (tertiary alicyclic amines) is 1. The van der Waals surface area contributed by atoms with Gasteiger partial charge in [0, 0.05) is 30.5 Å². The van der Waals surface area contributed by atoms with Crippen LogP contribution in [0.15, 0.2) is 12.1 Å². The molecule has 4 rings (SSSR count). The van der Waals surface area contributed by atoms with Gasteiger partial charge in [0.05, 0.1) is 52.4 Å². The molecule has 1 aliphatic heterocycles. The summed E-state index contributed by atoms with van der Waals surface area (Å²) < 4.78 is 22.1. The molecule has 0 radical (unpaired) electrons. The first-order valence-corrected chi connectivity index (χ1v) is 14.5. The van der Waals surface area contributed by atoms with E-state index in [-0.39, 0.29) is 43.4 Å². The molecule has 0 bridgehead atoms. The van der Waals surface area contributed by atoms with Crippen LogP contribution in [0.1, 0.15) is 58.8 Å². The highest BCUT2D eigenvalue weighted by Crippen LogP contribution is 2.61. The Morgan fingerprint density at radius 1 is 1.02 bits per heavy atom. The van der Waals surface area contributed by atoms with Crippen LogP contribution in [-0.2, 0) is 9.53 Å². The molecule has 41 heavy (non-hydrogen) atoms. The molecule has 1 aromatic rings. The molecule has 3 fully saturated rings. The molecule has 0 aromatic heterocycles. The number of aliphatic hydroxyl groups excluding tert-OH is 3. The van der Waals surface area contributed by atoms with Gasteiger partial charge >= 0.3 is 6.09 Å². The number of anilines is 1. The highest BCUT2D eigenvalue weighted by molar-refractivity contribution is 5.86. The van der Waals surface area contributed by atoms with Crippen molar-refractivity contribution >= 4 is 17.7 Å². The number of rotatable bonds is 9. The predicted molar refractivity (Wildman–Crippen MR) is 151 cm³/mol. The third kappa shape index (κ3) is 5.81. The second-order valence-corrected chi connectivity index (χ2v) is 12.2. The quantitative estimate of drug-likeness (QED) is 0.347. The van der Waals surface area contributed by atoms with Crippen molar-refractivity contribution < 1.29 is 43.9 Å². The van der Waals surface area contributed by atoms with Crippen LogP contribution in [0.4, 0.5) is 10.5 Å². The third-order valence-electron chi connectivity index (χ3n) is 10.1. The van der Waals surface area contributed by atoms with E-state index in [9.17, 15) is 24.9 Å². The Morgan fingerprint density at radius 3 is 2.29 bits per heavy atom. The molecule has 2 amide bonds. The fourth-order valence-electron chi connectivity index (χ4n) is 7.87. The number of nitrogens with one attached hydrogen (secondary N) is 1. The maximum Gasteiger partial charge on any atom is 0.411 e. The number of amides is 2. The molecular weight excluding hydrogens is 532 g/mol. The molecule has 1 heterocycles. The van der Waals surface area contributed by atoms with Crippen molar-refractivity contribution in [1.82, 2.24) is 4.90 Å². The monoisotopic (exact) mass is 578 g/mol. The van der Waals surface area contributed by atoms with Crippen molar-refractivity contribution in [2.24, 2.45) is 22.7 Å². The van der Waals surface area contributed by atoms with E-state index in [1.54, 1.807) is 17.0 Å². The van der Waals surface area contributed by atoms with Crippen molar-refractivity contribution in [1.29, 1.82) is 0 Å². The van der Waals surface area contributed by atoms with Gasteiger partial charge in [-0.05, 0) is 55.8 Å². The number of aliphatic hydroxyl groups is 3. The van der Waals surface area contributed by atoms with Gasteiger partial charge < -0.3 is 39.2 Å². The number of nitrogens with zero attached hydrogens (tertiary/aromatic N) is 1. The summed E-state index contributed by atoms with van der Waals surface area (Å²) in [6, 6.07) is 3.05. The largest absolute Gasteiger partial charge is 0.493 e. The van der Waals surface area contributed by atoms with Crippen LogP contribution in [-0.4, -0.2) is 91.6 Å². The van der Waals surface area contributed by atoms with E-state index in [1.165, 1.54) is 21.3 Å². The average Bonchev–Trinajstić information content (AvgIpc) is 3.45. The first-order chi connectivity index (χ1) is 19.6. The number of hydrogen-bond acceptors (Lipinski definition) is 9. The van der Waals surface area contributed by atoms with Gasteiger partial charge in [0.25, 0.3) is 0 Å². The summed E-state index contributed by atoms with van der Waals surface area (Å²) in [5, 5.41) is 34.3. The van der Waals surface area contributed by atoms with Crippen LogP contribution in [0.25, 0.3) is 0 Å². The Balaban J connectivity index is 1.51. The number of carbonyl (C=O) groups excluding carboxylic acids is 2. The van der Waals surface area contributed by atoms with E-state index < -0.39 is 29.1 Å². The number of benzene rings is 1. The zero-order chi connectivity index (χ0) is 29.9. The minimum atomic E-state index is -0.775. The first-order valence-electron chi connectivity index (χ1n) is 14.5. The lowest BCUT2D eigenvalue weighted by Crippen LogP contribution is -2.61. The lowest BCUT2D eigenvalue weighted by molar-refractivity contribution is -0.186. The van der Waals surface area contributed by atoms with Gasteiger partial charge in [-0.25, -0.2) is 4.79 Å². The molecule has 11 nitrogen and oxygen atoms in total. The van der Waals surface area contributed by atoms with Gasteiger partial charge in [0.1, 0.15) is 6.10 Å². The van der Waals surface area contributed by atoms with Gasteiger partial charge in [-0.1, -0.05) is 13.8 Å². The Bertz CT molecular complexity index is 1070. The SMILES string of the molecule is COc1cc(NC(=O)OC2CCC3(C)C(CC(=O)N4CCCC4CO)C(O)CCC3C2(C)CO)cc(OC)c1OC. The van der Waals surface area contributed by atoms with Crippen molar-refractivity contribution in [3.05, 3.63) is 12.1 Å². The number of hydrogen-bond donors (Lipinski definition) is 4. The Hall–Kier alpha value is -2.76. The van der Waals surface area contributed by atoms with Gasteiger partial charge in [-0.3, -0.25) is 10.1 Å². The van der Waals surface area contributed by atoms with E-state index in [0.29, 0.717) is 55.2 Å². The van der Waals surface area contributed by atoms with Crippen LogP contribution in [0.2, 0.25) is 0 Å². The summed E-state index contributed by atoms with van der Waals surface area (Å²) in [7, 11) is 4.48. The number of ether oxygens (including phenoxy) is 4. The van der Waals surface area contributed by atoms with E-state index in [1.807, 2.05) is 6.92 Å². The van der Waals surface area contributed by atoms with E-state index in [2.05, 4.69) is 12.2 Å². The molecule has 4 N–H and O–H groups in total. The maximum absolute atomic E-state index is 13.3. The smallest absolute Gasteiger partial charge is 0.411 e. The molecule has 7 unspecified atom stereocenters. The number of fused-ring (bicyclic) bond motifs is 1. The van der Waals surface area contributed by atoms with Gasteiger partial charge in [0.2, 0.25) is 11.7 Å². The van der Waals surface area contributed by atoms with E-state index in [0.717, 1.165) is 12.8 Å². The second kappa shape index (κ2) is 12.6. The fraction of sp³-hybridized carbons (Fsp3) is 0.733. The Labute approximate surface area is 242 Å². The molecule has 0 spiro atoms. The van der Waals surface area contributed by atoms with Crippen LogP contribution in [0.3, 0.4) is 0 Å². The van der Waals surface area contributed by atoms with Crippen molar-refractivity contribution in [2.75, 3.05) is 46.4 Å². The molecule has 1 saturated heterocycles. The van der Waals surface area contributed by atoms with Gasteiger partial charge in [-0.2, -0.15) is 0 Å². The number of carbonyl (C=O) groups is 2. The molecule has 2 saturated carbocycles. The lowest BCUT2D eigenvalue weighted by atomic mass is 9.46. The van der Waals surface area contributed by atoms with Crippen LogP contribution < -0.4 is 19.5 Å². The zero-order valence-corrected chi connectivity index (χ0v) is 24.9. The Kier molecular flexibility index (Phi) is 9.60. The van der Waals surface area contributed by atoms with Crippen LogP contribution in [0, 0.1) is 22.7 Å². The summed E-state index contributed by atoms with van der Waals surface area (Å²) in [6.45, 7) is 4.40. The molecule has 1 aromatic carbocycles. The summed E-state index contributed by atoms with van der Waals surface area (Å²) >= 11 is 0. The molecule has 11 heteroatoms. The van der Waals surface area contributed by atoms with Crippen LogP contribution >= 0.6 is 0 Å². The van der Waals surface area contributed by atoms with Gasteiger partial charge in [-0.15, -0.1) is 0 Å². The highest BCUT2D eigenvalue weighted by Gasteiger charge is 2.60. The van der Waals surface area contributed by atoms with Crippen molar-refractivity contribution in [3.63, 3.8) is 0 Å². The fourth-order valence-corrected chi connectivity index (χ4v) is 7.87. The minimum Gasteiger partial charge on any atom is -0.493 e. The number of methoxy groups -OCH3 is 3. The topological polar surface area (TPSA) is 147 Å². The maximum atomic E-state index is 13.3. The van der Waals surface area contributed by atoms with Crippen molar-refractivity contribution in [3.8, 4) is 17.2 Å². The molecular formula is C30H46N2O9. The van der Waals surface area contributed by atoms with E-state index in [4.69, 9.17) is 18.9 Å². The molecule has 2 aliphatic carbocycles. The second-order valence-electron chi connectivity index (χ2n) is 12.2. The lowest BCUT2D eigenvalue weighted by Gasteiger charge is -2.60. The third-order valence-corrected chi connectivity index (χ3v) is 10.1.